The number of halogens is 1. The Bertz CT molecular complexity index is 1160. The number of carbonyl (C=O) groups excluding carboxylic acids is 1. The minimum atomic E-state index is -1.01. The molecule has 0 spiro atoms. The lowest BCUT2D eigenvalue weighted by molar-refractivity contribution is -0.141. The number of para-hydroxylation sites is 1. The standard InChI is InChI=1S/C27H26ClNO4/c1-17(2)33-25-10-6-4-7-20(25)18-11-13-19(14-12-18)26(30)29-23(15-16-24(29)27(31)32)21-8-3-5-9-22(21)28/h3-14,17,23-24H,15-16H2,1-2H3,(H,31,32)/t23-,24+/m1/s1. The number of carboxylic acid groups (broad SMARTS) is 1. The number of rotatable bonds is 6. The second-order valence-corrected chi connectivity index (χ2v) is 8.83. The highest BCUT2D eigenvalue weighted by atomic mass is 35.5. The molecular formula is C27H26ClNO4. The zero-order valence-corrected chi connectivity index (χ0v) is 19.3. The molecule has 1 fully saturated rings. The minimum absolute atomic E-state index is 0.0388. The summed E-state index contributed by atoms with van der Waals surface area (Å²) in [4.78, 5) is 26.9. The van der Waals surface area contributed by atoms with E-state index >= 15 is 0 Å². The van der Waals surface area contributed by atoms with E-state index in [0.717, 1.165) is 22.4 Å². The monoisotopic (exact) mass is 463 g/mol. The van der Waals surface area contributed by atoms with Crippen molar-refractivity contribution in [3.63, 3.8) is 0 Å². The number of likely N-dealkylation sites (tertiary alicyclic amines) is 1. The fourth-order valence-electron chi connectivity index (χ4n) is 4.39. The molecule has 4 rings (SSSR count). The van der Waals surface area contributed by atoms with E-state index in [2.05, 4.69) is 0 Å². The van der Waals surface area contributed by atoms with Crippen molar-refractivity contribution in [3.8, 4) is 16.9 Å². The molecule has 1 heterocycles. The average Bonchev–Trinajstić information content (AvgIpc) is 3.24. The lowest BCUT2D eigenvalue weighted by Gasteiger charge is -2.29. The van der Waals surface area contributed by atoms with Gasteiger partial charge in [-0.1, -0.05) is 60.1 Å². The summed E-state index contributed by atoms with van der Waals surface area (Å²) in [5, 5.41) is 10.3. The minimum Gasteiger partial charge on any atom is -0.490 e. The van der Waals surface area contributed by atoms with Crippen LogP contribution in [0.1, 0.15) is 48.7 Å². The number of amides is 1. The van der Waals surface area contributed by atoms with Gasteiger partial charge in [0.05, 0.1) is 12.1 Å². The molecule has 33 heavy (non-hydrogen) atoms. The number of nitrogens with zero attached hydrogens (tertiary/aromatic N) is 1. The van der Waals surface area contributed by atoms with Crippen LogP contribution < -0.4 is 4.74 Å². The summed E-state index contributed by atoms with van der Waals surface area (Å²) in [6.45, 7) is 3.95. The first kappa shape index (κ1) is 22.9. The van der Waals surface area contributed by atoms with E-state index in [0.29, 0.717) is 23.4 Å². The third-order valence-corrected chi connectivity index (χ3v) is 6.21. The molecule has 0 aliphatic carbocycles. The molecule has 5 nitrogen and oxygen atoms in total. The first-order valence-electron chi connectivity index (χ1n) is 11.0. The van der Waals surface area contributed by atoms with E-state index in [1.54, 1.807) is 18.2 Å². The summed E-state index contributed by atoms with van der Waals surface area (Å²) in [7, 11) is 0. The molecule has 0 unspecified atom stereocenters. The van der Waals surface area contributed by atoms with Crippen molar-refractivity contribution in [3.05, 3.63) is 88.9 Å². The molecule has 1 saturated heterocycles. The van der Waals surface area contributed by atoms with Crippen molar-refractivity contribution < 1.29 is 19.4 Å². The van der Waals surface area contributed by atoms with Crippen LogP contribution in [-0.4, -0.2) is 34.0 Å². The maximum atomic E-state index is 13.5. The highest BCUT2D eigenvalue weighted by Gasteiger charge is 2.42. The molecule has 3 aromatic carbocycles. The number of hydrogen-bond donors (Lipinski definition) is 1. The van der Waals surface area contributed by atoms with Crippen molar-refractivity contribution in [2.24, 2.45) is 0 Å². The topological polar surface area (TPSA) is 66.8 Å². The molecule has 2 atom stereocenters. The highest BCUT2D eigenvalue weighted by Crippen LogP contribution is 2.40. The van der Waals surface area contributed by atoms with Gasteiger partial charge in [0.15, 0.2) is 0 Å². The van der Waals surface area contributed by atoms with Crippen molar-refractivity contribution >= 4 is 23.5 Å². The van der Waals surface area contributed by atoms with E-state index in [9.17, 15) is 14.7 Å². The van der Waals surface area contributed by atoms with Crippen LogP contribution in [0.25, 0.3) is 11.1 Å². The molecule has 0 radical (unpaired) electrons. The van der Waals surface area contributed by atoms with Gasteiger partial charge in [0.2, 0.25) is 0 Å². The molecule has 6 heteroatoms. The molecule has 1 N–H and O–H groups in total. The average molecular weight is 464 g/mol. The molecule has 0 aromatic heterocycles. The van der Waals surface area contributed by atoms with Gasteiger partial charge in [-0.15, -0.1) is 0 Å². The first-order chi connectivity index (χ1) is 15.9. The summed E-state index contributed by atoms with van der Waals surface area (Å²) in [6, 6.07) is 21.0. The van der Waals surface area contributed by atoms with Gasteiger partial charge in [0.1, 0.15) is 11.8 Å². The first-order valence-corrected chi connectivity index (χ1v) is 11.4. The Hall–Kier alpha value is -3.31. The van der Waals surface area contributed by atoms with Crippen molar-refractivity contribution in [2.75, 3.05) is 0 Å². The summed E-state index contributed by atoms with van der Waals surface area (Å²) >= 11 is 6.39. The number of ether oxygens (including phenoxy) is 1. The maximum Gasteiger partial charge on any atom is 0.326 e. The van der Waals surface area contributed by atoms with Crippen LogP contribution in [-0.2, 0) is 4.79 Å². The number of aliphatic carboxylic acids is 1. The quantitative estimate of drug-likeness (QED) is 0.471. The van der Waals surface area contributed by atoms with Crippen LogP contribution in [0.2, 0.25) is 5.02 Å². The fraction of sp³-hybridized carbons (Fsp3) is 0.259. The molecule has 1 aliphatic heterocycles. The second kappa shape index (κ2) is 9.67. The van der Waals surface area contributed by atoms with Gasteiger partial charge in [-0.05, 0) is 62.1 Å². The van der Waals surface area contributed by atoms with E-state index in [-0.39, 0.29) is 18.1 Å². The van der Waals surface area contributed by atoms with E-state index in [1.807, 2.05) is 68.4 Å². The molecule has 0 bridgehead atoms. The summed E-state index contributed by atoms with van der Waals surface area (Å²) < 4.78 is 5.92. The molecule has 0 saturated carbocycles. The molecule has 170 valence electrons. The van der Waals surface area contributed by atoms with Crippen LogP contribution >= 0.6 is 11.6 Å². The Morgan fingerprint density at radius 2 is 1.64 bits per heavy atom. The summed E-state index contributed by atoms with van der Waals surface area (Å²) in [6.07, 6.45) is 0.969. The predicted molar refractivity (Wildman–Crippen MR) is 129 cm³/mol. The third-order valence-electron chi connectivity index (χ3n) is 5.86. The normalized spacial score (nSPS) is 17.9. The fourth-order valence-corrected chi connectivity index (χ4v) is 4.65. The van der Waals surface area contributed by atoms with Crippen LogP contribution in [0.15, 0.2) is 72.8 Å². The van der Waals surface area contributed by atoms with E-state index < -0.39 is 12.0 Å². The number of hydrogen-bond acceptors (Lipinski definition) is 3. The number of benzene rings is 3. The molecule has 1 amide bonds. The largest absolute Gasteiger partial charge is 0.490 e. The van der Waals surface area contributed by atoms with Crippen LogP contribution in [0.3, 0.4) is 0 Å². The summed E-state index contributed by atoms with van der Waals surface area (Å²) in [5.41, 5.74) is 3.06. The Morgan fingerprint density at radius 1 is 0.970 bits per heavy atom. The Balaban J connectivity index is 1.65. The van der Waals surface area contributed by atoms with Crippen LogP contribution in [0.4, 0.5) is 0 Å². The zero-order chi connectivity index (χ0) is 23.5. The third kappa shape index (κ3) is 4.74. The Labute approximate surface area is 198 Å². The van der Waals surface area contributed by atoms with Crippen LogP contribution in [0.5, 0.6) is 5.75 Å². The SMILES string of the molecule is CC(C)Oc1ccccc1-c1ccc(C(=O)N2[C@@H](c3ccccc3Cl)CC[C@H]2C(=O)O)cc1. The van der Waals surface area contributed by atoms with Crippen molar-refractivity contribution in [1.82, 2.24) is 4.90 Å². The molecular weight excluding hydrogens is 438 g/mol. The van der Waals surface area contributed by atoms with Gasteiger partial charge < -0.3 is 14.7 Å². The molecule has 1 aliphatic rings. The maximum absolute atomic E-state index is 13.5. The Morgan fingerprint density at radius 3 is 2.30 bits per heavy atom. The summed E-state index contributed by atoms with van der Waals surface area (Å²) in [5.74, 6) is -0.548. The van der Waals surface area contributed by atoms with Crippen LogP contribution in [0, 0.1) is 0 Å². The number of carboxylic acids is 1. The predicted octanol–water partition coefficient (Wildman–Crippen LogP) is 6.22. The van der Waals surface area contributed by atoms with Crippen molar-refractivity contribution in [1.29, 1.82) is 0 Å². The van der Waals surface area contributed by atoms with E-state index in [1.165, 1.54) is 4.90 Å². The van der Waals surface area contributed by atoms with E-state index in [4.69, 9.17) is 16.3 Å². The Kier molecular flexibility index (Phi) is 6.70. The lowest BCUT2D eigenvalue weighted by atomic mass is 10.0. The highest BCUT2D eigenvalue weighted by molar-refractivity contribution is 6.31. The molecule has 3 aromatic rings. The van der Waals surface area contributed by atoms with Crippen molar-refractivity contribution in [2.45, 2.75) is 44.9 Å². The van der Waals surface area contributed by atoms with Gasteiger partial charge in [-0.2, -0.15) is 0 Å². The lowest BCUT2D eigenvalue weighted by Crippen LogP contribution is -2.41. The van der Waals surface area contributed by atoms with Gasteiger partial charge in [0.25, 0.3) is 5.91 Å². The van der Waals surface area contributed by atoms with Gasteiger partial charge >= 0.3 is 5.97 Å². The smallest absolute Gasteiger partial charge is 0.326 e. The zero-order valence-electron chi connectivity index (χ0n) is 18.6. The second-order valence-electron chi connectivity index (χ2n) is 8.42. The van der Waals surface area contributed by atoms with Gasteiger partial charge in [0, 0.05) is 16.1 Å². The van der Waals surface area contributed by atoms with Gasteiger partial charge in [-0.3, -0.25) is 4.79 Å². The van der Waals surface area contributed by atoms with Gasteiger partial charge in [-0.25, -0.2) is 4.79 Å². The number of carbonyl (C=O) groups is 2.